The molecule has 2 aromatic heterocycles. The molecule has 4 rings (SSSR count). The first-order valence-electron chi connectivity index (χ1n) is 6.99. The summed E-state index contributed by atoms with van der Waals surface area (Å²) in [6, 6.07) is 0. The van der Waals surface area contributed by atoms with Crippen LogP contribution in [0.1, 0.15) is 31.0 Å². The lowest BCUT2D eigenvalue weighted by Gasteiger charge is -2.62. The zero-order valence-electron chi connectivity index (χ0n) is 11.4. The van der Waals surface area contributed by atoms with Gasteiger partial charge < -0.3 is 9.88 Å². The van der Waals surface area contributed by atoms with E-state index in [4.69, 9.17) is 0 Å². The molecule has 2 aromatic rings. The van der Waals surface area contributed by atoms with Crippen LogP contribution in [-0.4, -0.2) is 27.0 Å². The Kier molecular flexibility index (Phi) is 2.73. The molecule has 0 radical (unpaired) electrons. The number of anilines is 1. The normalized spacial score (nSPS) is 26.9. The van der Waals surface area contributed by atoms with Gasteiger partial charge >= 0.3 is 0 Å². The third kappa shape index (κ3) is 1.69. The van der Waals surface area contributed by atoms with Crippen LogP contribution in [0.2, 0.25) is 0 Å². The predicted octanol–water partition coefficient (Wildman–Crippen LogP) is 2.89. The van der Waals surface area contributed by atoms with Gasteiger partial charge in [0.1, 0.15) is 11.5 Å². The second-order valence-electron chi connectivity index (χ2n) is 5.88. The minimum absolute atomic E-state index is 0.167. The third-order valence-electron chi connectivity index (χ3n) is 4.78. The third-order valence-corrected chi connectivity index (χ3v) is 4.78. The summed E-state index contributed by atoms with van der Waals surface area (Å²) in [5.74, 6) is -5.10. The van der Waals surface area contributed by atoms with E-state index in [0.717, 1.165) is 12.2 Å². The molecule has 0 aromatic carbocycles. The Labute approximate surface area is 123 Å². The number of halogens is 4. The van der Waals surface area contributed by atoms with Crippen molar-refractivity contribution in [2.45, 2.75) is 30.7 Å². The van der Waals surface area contributed by atoms with Gasteiger partial charge in [0.25, 0.3) is 11.9 Å². The fourth-order valence-electron chi connectivity index (χ4n) is 3.58. The summed E-state index contributed by atoms with van der Waals surface area (Å²) in [4.78, 5) is 11.2. The molecular formula is C14H12F4N4. The molecule has 1 aliphatic carbocycles. The van der Waals surface area contributed by atoms with Gasteiger partial charge in [-0.1, -0.05) is 0 Å². The highest BCUT2D eigenvalue weighted by atomic mass is 19.2. The van der Waals surface area contributed by atoms with Gasteiger partial charge in [-0.2, -0.15) is 22.5 Å². The van der Waals surface area contributed by atoms with Gasteiger partial charge in [0, 0.05) is 30.4 Å². The fourth-order valence-corrected chi connectivity index (χ4v) is 3.58. The first kappa shape index (κ1) is 13.5. The van der Waals surface area contributed by atoms with Crippen LogP contribution < -0.4 is 4.90 Å². The van der Waals surface area contributed by atoms with Gasteiger partial charge in [0.15, 0.2) is 0 Å². The molecule has 0 atom stereocenters. The summed E-state index contributed by atoms with van der Waals surface area (Å²) in [6.45, 7) is 0.363. The van der Waals surface area contributed by atoms with Gasteiger partial charge in [-0.05, 0) is 19.3 Å². The monoisotopic (exact) mass is 312 g/mol. The minimum Gasteiger partial charge on any atom is -0.361 e. The smallest absolute Gasteiger partial charge is 0.253 e. The predicted molar refractivity (Wildman–Crippen MR) is 69.3 cm³/mol. The largest absolute Gasteiger partial charge is 0.361 e. The van der Waals surface area contributed by atoms with Crippen molar-refractivity contribution in [3.63, 3.8) is 0 Å². The summed E-state index contributed by atoms with van der Waals surface area (Å²) in [6.07, 6.45) is 5.38. The number of aromatic amines is 1. The number of aromatic nitrogens is 3. The van der Waals surface area contributed by atoms with Crippen molar-refractivity contribution in [1.29, 1.82) is 0 Å². The molecule has 3 heterocycles. The van der Waals surface area contributed by atoms with Crippen LogP contribution in [0, 0.1) is 23.5 Å². The Morgan fingerprint density at radius 2 is 1.82 bits per heavy atom. The van der Waals surface area contributed by atoms with Gasteiger partial charge in [-0.3, -0.25) is 0 Å². The van der Waals surface area contributed by atoms with Crippen molar-refractivity contribution < 1.29 is 17.6 Å². The Hall–Kier alpha value is -2.12. The van der Waals surface area contributed by atoms with Gasteiger partial charge in [0.2, 0.25) is 11.6 Å². The van der Waals surface area contributed by atoms with Crippen LogP contribution in [0.15, 0.2) is 12.4 Å². The number of imidazole rings is 1. The highest BCUT2D eigenvalue weighted by molar-refractivity contribution is 5.55. The zero-order valence-corrected chi connectivity index (χ0v) is 11.4. The molecule has 116 valence electrons. The second-order valence-corrected chi connectivity index (χ2v) is 5.88. The number of rotatable bonds is 2. The molecular weight excluding hydrogens is 300 g/mol. The summed E-state index contributed by atoms with van der Waals surface area (Å²) >= 11 is 0. The maximum atomic E-state index is 13.9. The summed E-state index contributed by atoms with van der Waals surface area (Å²) in [7, 11) is 0. The van der Waals surface area contributed by atoms with Gasteiger partial charge in [-0.15, -0.1) is 0 Å². The zero-order chi connectivity index (χ0) is 15.5. The van der Waals surface area contributed by atoms with Crippen LogP contribution >= 0.6 is 0 Å². The van der Waals surface area contributed by atoms with Crippen LogP contribution in [0.5, 0.6) is 0 Å². The molecule has 1 saturated carbocycles. The SMILES string of the molecule is Fc1nc(F)c(F)c(N2CCC23CC(c2ncc[nH]2)C3)c1F. The topological polar surface area (TPSA) is 44.8 Å². The lowest BCUT2D eigenvalue weighted by molar-refractivity contribution is 0.115. The number of hydrogen-bond acceptors (Lipinski definition) is 3. The van der Waals surface area contributed by atoms with Crippen LogP contribution in [-0.2, 0) is 0 Å². The van der Waals surface area contributed by atoms with E-state index in [2.05, 4.69) is 15.0 Å². The quantitative estimate of drug-likeness (QED) is 0.685. The maximum absolute atomic E-state index is 13.9. The Balaban J connectivity index is 1.63. The molecule has 1 spiro atoms. The van der Waals surface area contributed by atoms with Gasteiger partial charge in [0.05, 0.1) is 0 Å². The molecule has 4 nitrogen and oxygen atoms in total. The molecule has 2 aliphatic rings. The van der Waals surface area contributed by atoms with Crippen molar-refractivity contribution in [1.82, 2.24) is 15.0 Å². The van der Waals surface area contributed by atoms with E-state index in [9.17, 15) is 17.6 Å². The van der Waals surface area contributed by atoms with E-state index in [1.165, 1.54) is 4.90 Å². The molecule has 1 N–H and O–H groups in total. The molecule has 22 heavy (non-hydrogen) atoms. The second kappa shape index (κ2) is 4.44. The molecule has 1 saturated heterocycles. The number of nitrogens with zero attached hydrogens (tertiary/aromatic N) is 3. The fraction of sp³-hybridized carbons (Fsp3) is 0.429. The van der Waals surface area contributed by atoms with Crippen molar-refractivity contribution in [3.8, 4) is 0 Å². The first-order valence-corrected chi connectivity index (χ1v) is 6.99. The van der Waals surface area contributed by atoms with Crippen LogP contribution in [0.3, 0.4) is 0 Å². The number of hydrogen-bond donors (Lipinski definition) is 1. The van der Waals surface area contributed by atoms with Crippen molar-refractivity contribution in [2.75, 3.05) is 11.4 Å². The maximum Gasteiger partial charge on any atom is 0.253 e. The lowest BCUT2D eigenvalue weighted by Crippen LogP contribution is -2.67. The highest BCUT2D eigenvalue weighted by Gasteiger charge is 2.56. The number of pyridine rings is 1. The van der Waals surface area contributed by atoms with E-state index in [1.807, 2.05) is 0 Å². The van der Waals surface area contributed by atoms with Crippen LogP contribution in [0.25, 0.3) is 0 Å². The standard InChI is InChI=1S/C14H12F4N4/c15-8-10(9(16)12(18)21-11(8)17)22-4-1-14(22)5-7(6-14)13-19-2-3-20-13/h2-3,7H,1,4-6H2,(H,19,20). The van der Waals surface area contributed by atoms with Crippen LogP contribution in [0.4, 0.5) is 23.2 Å². The molecule has 0 unspecified atom stereocenters. The van der Waals surface area contributed by atoms with E-state index in [0.29, 0.717) is 19.4 Å². The van der Waals surface area contributed by atoms with E-state index < -0.39 is 34.8 Å². The first-order chi connectivity index (χ1) is 10.5. The molecule has 1 aliphatic heterocycles. The Morgan fingerprint density at radius 3 is 2.32 bits per heavy atom. The lowest BCUT2D eigenvalue weighted by atomic mass is 9.61. The average Bonchev–Trinajstić information content (AvgIpc) is 2.92. The van der Waals surface area contributed by atoms with Crippen molar-refractivity contribution in [2.24, 2.45) is 0 Å². The number of H-pyrrole nitrogens is 1. The minimum atomic E-state index is -1.61. The average molecular weight is 312 g/mol. The summed E-state index contributed by atoms with van der Waals surface area (Å²) in [5.41, 5.74) is -1.09. The van der Waals surface area contributed by atoms with Crippen molar-refractivity contribution >= 4 is 5.69 Å². The molecule has 0 amide bonds. The van der Waals surface area contributed by atoms with E-state index in [-0.39, 0.29) is 5.92 Å². The highest BCUT2D eigenvalue weighted by Crippen LogP contribution is 2.56. The molecule has 8 heteroatoms. The Bertz CT molecular complexity index is 699. The molecule has 2 fully saturated rings. The summed E-state index contributed by atoms with van der Waals surface area (Å²) in [5, 5.41) is 0. The van der Waals surface area contributed by atoms with E-state index >= 15 is 0 Å². The van der Waals surface area contributed by atoms with Gasteiger partial charge in [-0.25, -0.2) is 4.98 Å². The number of nitrogens with one attached hydrogen (secondary N) is 1. The van der Waals surface area contributed by atoms with Crippen molar-refractivity contribution in [3.05, 3.63) is 41.7 Å². The molecule has 0 bridgehead atoms. The summed E-state index contributed by atoms with van der Waals surface area (Å²) < 4.78 is 54.3. The van der Waals surface area contributed by atoms with E-state index in [1.54, 1.807) is 12.4 Å². The Morgan fingerprint density at radius 1 is 1.14 bits per heavy atom.